The van der Waals surface area contributed by atoms with E-state index >= 15 is 0 Å². The fraction of sp³-hybridized carbons (Fsp3) is 1.00. The predicted molar refractivity (Wildman–Crippen MR) is 68.7 cm³/mol. The summed E-state index contributed by atoms with van der Waals surface area (Å²) in [7, 11) is 4.50. The first-order chi connectivity index (χ1) is 7.58. The van der Waals surface area contributed by atoms with E-state index in [1.165, 1.54) is 39.1 Å². The molecule has 0 aliphatic carbocycles. The number of likely N-dealkylation sites (tertiary alicyclic amines) is 1. The molecule has 0 aromatic rings. The van der Waals surface area contributed by atoms with Crippen LogP contribution in [0.5, 0.6) is 0 Å². The van der Waals surface area contributed by atoms with Crippen molar-refractivity contribution in [2.24, 2.45) is 5.92 Å². The topological polar surface area (TPSA) is 9.72 Å². The predicted octanol–water partition coefficient (Wildman–Crippen LogP) is 0.963. The lowest BCUT2D eigenvalue weighted by Crippen LogP contribution is -2.47. The Labute approximate surface area is 100 Å². The highest BCUT2D eigenvalue weighted by Gasteiger charge is 2.34. The molecule has 0 aromatic heterocycles. The van der Waals surface area contributed by atoms with Gasteiger partial charge in [-0.15, -0.1) is 0 Å². The van der Waals surface area contributed by atoms with Gasteiger partial charge in [-0.1, -0.05) is 0 Å². The molecule has 2 unspecified atom stereocenters. The van der Waals surface area contributed by atoms with E-state index in [9.17, 15) is 0 Å². The van der Waals surface area contributed by atoms with Gasteiger partial charge in [-0.05, 0) is 40.3 Å². The van der Waals surface area contributed by atoms with Crippen LogP contribution in [0.15, 0.2) is 0 Å². The zero-order valence-corrected chi connectivity index (χ0v) is 11.3. The summed E-state index contributed by atoms with van der Waals surface area (Å²) in [6.45, 7) is 11.1. The van der Waals surface area contributed by atoms with Gasteiger partial charge in [0, 0.05) is 44.8 Å². The molecule has 0 N–H and O–H groups in total. The van der Waals surface area contributed by atoms with Crippen LogP contribution in [-0.4, -0.2) is 73.6 Å². The van der Waals surface area contributed by atoms with Gasteiger partial charge in [-0.3, -0.25) is 0 Å². The summed E-state index contributed by atoms with van der Waals surface area (Å²) >= 11 is 0. The average molecular weight is 225 g/mol. The van der Waals surface area contributed by atoms with Gasteiger partial charge in [0.05, 0.1) is 0 Å². The van der Waals surface area contributed by atoms with E-state index in [0.29, 0.717) is 0 Å². The third kappa shape index (κ3) is 2.58. The first-order valence-electron chi connectivity index (χ1n) is 6.70. The van der Waals surface area contributed by atoms with E-state index < -0.39 is 0 Å². The number of hydrogen-bond donors (Lipinski definition) is 0. The van der Waals surface area contributed by atoms with Crippen LogP contribution in [0.1, 0.15) is 20.3 Å². The van der Waals surface area contributed by atoms with Gasteiger partial charge in [0.1, 0.15) is 0 Å². The molecule has 0 radical (unpaired) electrons. The minimum atomic E-state index is 0.759. The fourth-order valence-corrected chi connectivity index (χ4v) is 3.12. The lowest BCUT2D eigenvalue weighted by molar-refractivity contribution is 0.127. The van der Waals surface area contributed by atoms with Crippen molar-refractivity contribution in [2.75, 3.05) is 46.8 Å². The van der Waals surface area contributed by atoms with Gasteiger partial charge in [-0.25, -0.2) is 0 Å². The molecular formula is C13H27N3. The normalized spacial score (nSPS) is 39.4. The SMILES string of the molecule is CC1CC(CN2CCN(C)CC2)[C@@H](C)N1C. The molecule has 0 amide bonds. The van der Waals surface area contributed by atoms with E-state index in [0.717, 1.165) is 18.0 Å². The molecule has 2 fully saturated rings. The zero-order valence-electron chi connectivity index (χ0n) is 11.3. The summed E-state index contributed by atoms with van der Waals surface area (Å²) in [5.74, 6) is 0.878. The summed E-state index contributed by atoms with van der Waals surface area (Å²) in [5.41, 5.74) is 0. The number of likely N-dealkylation sites (N-methyl/N-ethyl adjacent to an activating group) is 1. The van der Waals surface area contributed by atoms with Crippen molar-refractivity contribution in [2.45, 2.75) is 32.4 Å². The van der Waals surface area contributed by atoms with E-state index in [1.54, 1.807) is 0 Å². The van der Waals surface area contributed by atoms with Gasteiger partial charge in [0.15, 0.2) is 0 Å². The van der Waals surface area contributed by atoms with Crippen LogP contribution in [0.4, 0.5) is 0 Å². The van der Waals surface area contributed by atoms with Crippen molar-refractivity contribution in [1.29, 1.82) is 0 Å². The Bertz CT molecular complexity index is 223. The van der Waals surface area contributed by atoms with Crippen LogP contribution >= 0.6 is 0 Å². The molecule has 3 atom stereocenters. The molecule has 0 bridgehead atoms. The smallest absolute Gasteiger partial charge is 0.0110 e. The van der Waals surface area contributed by atoms with Crippen LogP contribution in [0, 0.1) is 5.92 Å². The van der Waals surface area contributed by atoms with Gasteiger partial charge in [0.2, 0.25) is 0 Å². The van der Waals surface area contributed by atoms with Crippen molar-refractivity contribution in [3.63, 3.8) is 0 Å². The average Bonchev–Trinajstić information content (AvgIpc) is 2.50. The maximum Gasteiger partial charge on any atom is 0.0110 e. The second-order valence-corrected chi connectivity index (χ2v) is 5.85. The summed E-state index contributed by atoms with van der Waals surface area (Å²) < 4.78 is 0. The van der Waals surface area contributed by atoms with Gasteiger partial charge < -0.3 is 14.7 Å². The monoisotopic (exact) mass is 225 g/mol. The first-order valence-corrected chi connectivity index (χ1v) is 6.70. The van der Waals surface area contributed by atoms with Crippen molar-refractivity contribution < 1.29 is 0 Å². The molecule has 0 saturated carbocycles. The summed E-state index contributed by atoms with van der Waals surface area (Å²) in [6, 6.07) is 1.53. The molecule has 2 rings (SSSR count). The largest absolute Gasteiger partial charge is 0.304 e. The Balaban J connectivity index is 1.82. The van der Waals surface area contributed by atoms with E-state index in [1.807, 2.05) is 0 Å². The molecule has 94 valence electrons. The number of nitrogens with zero attached hydrogens (tertiary/aromatic N) is 3. The van der Waals surface area contributed by atoms with Gasteiger partial charge >= 0.3 is 0 Å². The number of piperazine rings is 1. The third-order valence-corrected chi connectivity index (χ3v) is 4.75. The molecule has 2 aliphatic heterocycles. The standard InChI is InChI=1S/C13H27N3/c1-11-9-13(12(2)15(11)4)10-16-7-5-14(3)6-8-16/h11-13H,5-10H2,1-4H3/t11?,12-,13?/m1/s1. The minimum absolute atomic E-state index is 0.759. The van der Waals surface area contributed by atoms with Crippen LogP contribution in [0.3, 0.4) is 0 Å². The fourth-order valence-electron chi connectivity index (χ4n) is 3.12. The lowest BCUT2D eigenvalue weighted by Gasteiger charge is -2.35. The van der Waals surface area contributed by atoms with Crippen molar-refractivity contribution in [3.05, 3.63) is 0 Å². The minimum Gasteiger partial charge on any atom is -0.304 e. The van der Waals surface area contributed by atoms with Crippen LogP contribution < -0.4 is 0 Å². The second kappa shape index (κ2) is 5.03. The van der Waals surface area contributed by atoms with Crippen molar-refractivity contribution in [1.82, 2.24) is 14.7 Å². The first kappa shape index (κ1) is 12.3. The molecular weight excluding hydrogens is 198 g/mol. The Morgan fingerprint density at radius 1 is 1.00 bits per heavy atom. The number of rotatable bonds is 2. The Hall–Kier alpha value is -0.120. The third-order valence-electron chi connectivity index (χ3n) is 4.75. The molecule has 3 nitrogen and oxygen atoms in total. The summed E-state index contributed by atoms with van der Waals surface area (Å²) in [5, 5.41) is 0. The van der Waals surface area contributed by atoms with Crippen molar-refractivity contribution >= 4 is 0 Å². The van der Waals surface area contributed by atoms with Crippen LogP contribution in [-0.2, 0) is 0 Å². The molecule has 2 saturated heterocycles. The molecule has 2 aliphatic rings. The highest BCUT2D eigenvalue weighted by Crippen LogP contribution is 2.28. The van der Waals surface area contributed by atoms with Gasteiger partial charge in [-0.2, -0.15) is 0 Å². The zero-order chi connectivity index (χ0) is 11.7. The summed E-state index contributed by atoms with van der Waals surface area (Å²) in [4.78, 5) is 7.64. The molecule has 2 heterocycles. The maximum atomic E-state index is 2.66. The van der Waals surface area contributed by atoms with Crippen molar-refractivity contribution in [3.8, 4) is 0 Å². The molecule has 0 spiro atoms. The molecule has 3 heteroatoms. The van der Waals surface area contributed by atoms with Gasteiger partial charge in [0.25, 0.3) is 0 Å². The van der Waals surface area contributed by atoms with Crippen LogP contribution in [0.25, 0.3) is 0 Å². The van der Waals surface area contributed by atoms with Crippen LogP contribution in [0.2, 0.25) is 0 Å². The Kier molecular flexibility index (Phi) is 3.88. The Morgan fingerprint density at radius 2 is 1.62 bits per heavy atom. The Morgan fingerprint density at radius 3 is 2.12 bits per heavy atom. The number of hydrogen-bond acceptors (Lipinski definition) is 3. The summed E-state index contributed by atoms with van der Waals surface area (Å²) in [6.07, 6.45) is 1.38. The van der Waals surface area contributed by atoms with E-state index in [-0.39, 0.29) is 0 Å². The highest BCUT2D eigenvalue weighted by atomic mass is 15.3. The van der Waals surface area contributed by atoms with E-state index in [4.69, 9.17) is 0 Å². The molecule has 16 heavy (non-hydrogen) atoms. The molecule has 0 aromatic carbocycles. The maximum absolute atomic E-state index is 2.66. The quantitative estimate of drug-likeness (QED) is 0.693. The second-order valence-electron chi connectivity index (χ2n) is 5.85. The highest BCUT2D eigenvalue weighted by molar-refractivity contribution is 4.89. The van der Waals surface area contributed by atoms with E-state index in [2.05, 4.69) is 42.6 Å². The lowest BCUT2D eigenvalue weighted by atomic mass is 9.99.